The number of thioether (sulfide) groups is 1. The molecule has 3 aromatic rings. The van der Waals surface area contributed by atoms with Gasteiger partial charge >= 0.3 is 29.6 Å². The Morgan fingerprint density at radius 2 is 1.67 bits per heavy atom. The van der Waals surface area contributed by atoms with Gasteiger partial charge in [0.25, 0.3) is 5.91 Å². The van der Waals surface area contributed by atoms with Gasteiger partial charge in [-0.05, 0) is 83.1 Å². The van der Waals surface area contributed by atoms with Gasteiger partial charge in [0.1, 0.15) is 0 Å². The van der Waals surface area contributed by atoms with Crippen molar-refractivity contribution in [2.45, 2.75) is 57.5 Å². The first kappa shape index (κ1) is 33.3. The summed E-state index contributed by atoms with van der Waals surface area (Å²) in [5.74, 6) is -1.13. The van der Waals surface area contributed by atoms with Crippen LogP contribution in [0.25, 0.3) is 11.1 Å². The first-order chi connectivity index (χ1) is 17.9. The molecule has 0 aliphatic heterocycles. The summed E-state index contributed by atoms with van der Waals surface area (Å²) in [6.07, 6.45) is 5.35. The molecule has 0 fully saturated rings. The van der Waals surface area contributed by atoms with Crippen LogP contribution >= 0.6 is 11.8 Å². The fraction of sp³-hybridized carbons (Fsp3) is 0.367. The Bertz CT molecular complexity index is 1240. The fourth-order valence-corrected chi connectivity index (χ4v) is 5.52. The normalized spacial score (nSPS) is 13.2. The van der Waals surface area contributed by atoms with Gasteiger partial charge in [-0.2, -0.15) is 11.8 Å². The summed E-state index contributed by atoms with van der Waals surface area (Å²) >= 11 is 1.52. The van der Waals surface area contributed by atoms with Gasteiger partial charge in [-0.25, -0.2) is 0 Å². The van der Waals surface area contributed by atoms with Crippen molar-refractivity contribution >= 4 is 32.0 Å². The Labute approximate surface area is 259 Å². The molecule has 9 heteroatoms. The Morgan fingerprint density at radius 1 is 1.03 bits per heavy atom. The van der Waals surface area contributed by atoms with E-state index in [2.05, 4.69) is 44.2 Å². The second-order valence-corrected chi connectivity index (χ2v) is 16.6. The maximum Gasteiger partial charge on any atom is 1.00 e. The maximum atomic E-state index is 13.4. The van der Waals surface area contributed by atoms with E-state index in [-0.39, 0.29) is 40.7 Å². The van der Waals surface area contributed by atoms with Gasteiger partial charge in [0.05, 0.1) is 18.1 Å². The number of carbonyl (C=O) groups is 2. The van der Waals surface area contributed by atoms with Gasteiger partial charge in [0.15, 0.2) is 8.32 Å². The molecule has 3 rings (SSSR count). The second-order valence-electron chi connectivity index (χ2n) is 10.8. The third-order valence-corrected chi connectivity index (χ3v) is 12.2. The molecule has 1 N–H and O–H groups in total. The quantitative estimate of drug-likeness (QED) is 0.355. The van der Waals surface area contributed by atoms with Crippen molar-refractivity contribution in [2.75, 3.05) is 12.0 Å². The Morgan fingerprint density at radius 3 is 2.23 bits per heavy atom. The van der Waals surface area contributed by atoms with Crippen LogP contribution in [0.1, 0.15) is 54.8 Å². The molecule has 2 atom stereocenters. The Balaban J connectivity index is 0.00000533. The number of rotatable bonds is 11. The largest absolute Gasteiger partial charge is 1.00 e. The number of hydrogen-bond donors (Lipinski definition) is 1. The van der Waals surface area contributed by atoms with Crippen LogP contribution in [-0.2, 0) is 9.22 Å². The number of aromatic nitrogens is 1. The molecule has 2 aromatic carbocycles. The summed E-state index contributed by atoms with van der Waals surface area (Å²) in [6.45, 7) is 11.1. The average Bonchev–Trinajstić information content (AvgIpc) is 2.89. The van der Waals surface area contributed by atoms with E-state index < -0.39 is 26.2 Å². The molecule has 1 amide bonds. The molecule has 0 saturated heterocycles. The van der Waals surface area contributed by atoms with Crippen LogP contribution in [0, 0.1) is 0 Å². The summed E-state index contributed by atoms with van der Waals surface area (Å²) in [4.78, 5) is 29.3. The van der Waals surface area contributed by atoms with Crippen molar-refractivity contribution in [1.29, 1.82) is 0 Å². The van der Waals surface area contributed by atoms with Crippen LogP contribution < -0.4 is 40.0 Å². The number of carboxylic acid groups (broad SMARTS) is 1. The first-order valence-electron chi connectivity index (χ1n) is 12.7. The number of carboxylic acids is 1. The third kappa shape index (κ3) is 8.77. The van der Waals surface area contributed by atoms with Gasteiger partial charge in [-0.15, -0.1) is 0 Å². The smallest absolute Gasteiger partial charge is 0.548 e. The van der Waals surface area contributed by atoms with E-state index in [0.717, 1.165) is 16.7 Å². The topological polar surface area (TPSA) is 91.3 Å². The minimum absolute atomic E-state index is 0. The molecule has 1 aromatic heterocycles. The molecule has 1 heterocycles. The summed E-state index contributed by atoms with van der Waals surface area (Å²) in [5.41, 5.74) is 3.86. The van der Waals surface area contributed by atoms with Gasteiger partial charge in [0, 0.05) is 18.0 Å². The number of carbonyl (C=O) groups excluding carboxylic acids is 2. The van der Waals surface area contributed by atoms with E-state index in [1.807, 2.05) is 60.9 Å². The zero-order valence-electron chi connectivity index (χ0n) is 24.0. The molecule has 39 heavy (non-hydrogen) atoms. The zero-order chi connectivity index (χ0) is 27.9. The second kappa shape index (κ2) is 14.6. The van der Waals surface area contributed by atoms with Gasteiger partial charge < -0.3 is 19.6 Å². The zero-order valence-corrected chi connectivity index (χ0v) is 27.8. The van der Waals surface area contributed by atoms with Gasteiger partial charge in [0.2, 0.25) is 0 Å². The van der Waals surface area contributed by atoms with E-state index in [1.54, 1.807) is 18.5 Å². The van der Waals surface area contributed by atoms with E-state index in [0.29, 0.717) is 23.3 Å². The molecule has 0 aliphatic rings. The predicted octanol–water partition coefficient (Wildman–Crippen LogP) is 2.47. The molecule has 0 bridgehead atoms. The van der Waals surface area contributed by atoms with Crippen molar-refractivity contribution in [1.82, 2.24) is 10.3 Å². The van der Waals surface area contributed by atoms with Crippen molar-refractivity contribution in [3.05, 3.63) is 89.7 Å². The first-order valence-corrected chi connectivity index (χ1v) is 17.0. The molecule has 0 aliphatic carbocycles. The molecule has 202 valence electrons. The number of amides is 1. The molecule has 0 saturated carbocycles. The number of pyridine rings is 1. The third-order valence-electron chi connectivity index (χ3n) is 7.10. The van der Waals surface area contributed by atoms with Crippen LogP contribution in [0.5, 0.6) is 0 Å². The molecule has 6 nitrogen and oxygen atoms in total. The summed E-state index contributed by atoms with van der Waals surface area (Å²) < 4.78 is 6.93. The number of aliphatic carboxylic acids is 1. The van der Waals surface area contributed by atoms with E-state index in [4.69, 9.17) is 4.43 Å². The van der Waals surface area contributed by atoms with Crippen molar-refractivity contribution < 1.29 is 48.7 Å². The van der Waals surface area contributed by atoms with Crippen LogP contribution in [-0.4, -0.2) is 43.2 Å². The fourth-order valence-electron chi connectivity index (χ4n) is 3.84. The molecular weight excluding hydrogens is 535 g/mol. The number of hydrogen-bond acceptors (Lipinski definition) is 6. The van der Waals surface area contributed by atoms with Crippen LogP contribution in [0.4, 0.5) is 0 Å². The van der Waals surface area contributed by atoms with Crippen molar-refractivity contribution in [2.24, 2.45) is 0 Å². The summed E-state index contributed by atoms with van der Waals surface area (Å²) in [5, 5.41) is 14.4. The number of benzene rings is 2. The van der Waals surface area contributed by atoms with E-state index in [1.165, 1.54) is 11.8 Å². The van der Waals surface area contributed by atoms with E-state index >= 15 is 0 Å². The minimum atomic E-state index is -2.19. The number of nitrogens with zero attached hydrogens (tertiary/aromatic N) is 1. The monoisotopic (exact) mass is 572 g/mol. The molecular formula is C30H37N2NaO4SSi. The predicted molar refractivity (Wildman–Crippen MR) is 156 cm³/mol. The van der Waals surface area contributed by atoms with Crippen LogP contribution in [0.3, 0.4) is 0 Å². The molecule has 0 spiro atoms. The van der Waals surface area contributed by atoms with Gasteiger partial charge in [-0.3, -0.25) is 9.78 Å². The van der Waals surface area contributed by atoms with Crippen molar-refractivity contribution in [3.8, 4) is 11.1 Å². The Hall–Kier alpha value is -1.94. The summed E-state index contributed by atoms with van der Waals surface area (Å²) in [6, 6.07) is 18.1. The average molecular weight is 573 g/mol. The molecule has 0 radical (unpaired) electrons. The summed E-state index contributed by atoms with van der Waals surface area (Å²) in [7, 11) is -2.19. The standard InChI is InChI=1S/C30H38N2O4SSi.Na/c1-30(2,3)38(5,6)36-27(22-14-17-31-18-15-22)23-12-13-24(25(20-23)21-10-8-7-9-11-21)28(33)32-26(29(34)35)16-19-37-4;/h7-15,17-18,20,26-27H,16,19H2,1-6H3,(H,32,33)(H,34,35);/q;+1/p-1/t26-,27?;/m0./s1. The van der Waals surface area contributed by atoms with E-state index in [9.17, 15) is 14.7 Å². The maximum absolute atomic E-state index is 13.4. The SMILES string of the molecule is CSCC[C@H](NC(=O)c1ccc(C(O[Si](C)(C)C(C)(C)C)c2ccncc2)cc1-c1ccccc1)C(=O)[O-].[Na+]. The van der Waals surface area contributed by atoms with Crippen LogP contribution in [0.2, 0.25) is 18.1 Å². The van der Waals surface area contributed by atoms with Crippen molar-refractivity contribution in [3.63, 3.8) is 0 Å². The molecule has 1 unspecified atom stereocenters. The van der Waals surface area contributed by atoms with Crippen LogP contribution in [0.15, 0.2) is 73.1 Å². The minimum Gasteiger partial charge on any atom is -0.548 e. The Kier molecular flexibility index (Phi) is 12.5. The number of nitrogens with one attached hydrogen (secondary N) is 1. The van der Waals surface area contributed by atoms with Gasteiger partial charge in [-0.1, -0.05) is 57.2 Å².